The first-order valence-electron chi connectivity index (χ1n) is 6.08. The summed E-state index contributed by atoms with van der Waals surface area (Å²) in [7, 11) is 0. The van der Waals surface area contributed by atoms with E-state index in [-0.39, 0.29) is 4.92 Å². The summed E-state index contributed by atoms with van der Waals surface area (Å²) in [5.41, 5.74) is 2.19. The second-order valence-corrected chi connectivity index (χ2v) is 5.21. The van der Waals surface area contributed by atoms with Gasteiger partial charge < -0.3 is 0 Å². The Kier molecular flexibility index (Phi) is 2.28. The van der Waals surface area contributed by atoms with Crippen molar-refractivity contribution in [1.82, 2.24) is 0 Å². The molecular formula is C14H15NO2. The molecule has 3 nitrogen and oxygen atoms in total. The second-order valence-electron chi connectivity index (χ2n) is 5.21. The maximum Gasteiger partial charge on any atom is 0.273 e. The smallest absolute Gasteiger partial charge is 0.258 e. The number of fused-ring (bicyclic) bond motifs is 2. The Morgan fingerprint density at radius 3 is 2.71 bits per heavy atom. The van der Waals surface area contributed by atoms with Gasteiger partial charge in [0.25, 0.3) is 5.69 Å². The third-order valence-corrected chi connectivity index (χ3v) is 4.06. The van der Waals surface area contributed by atoms with Crippen LogP contribution >= 0.6 is 0 Å². The highest BCUT2D eigenvalue weighted by atomic mass is 16.6. The Morgan fingerprint density at radius 2 is 2.12 bits per heavy atom. The van der Waals surface area contributed by atoms with E-state index >= 15 is 0 Å². The fraction of sp³-hybridized carbons (Fsp3) is 0.429. The van der Waals surface area contributed by atoms with Gasteiger partial charge in [-0.25, -0.2) is 0 Å². The molecule has 1 aromatic rings. The number of rotatable bonds is 2. The van der Waals surface area contributed by atoms with Crippen LogP contribution in [0.5, 0.6) is 0 Å². The van der Waals surface area contributed by atoms with Gasteiger partial charge in [-0.15, -0.1) is 0 Å². The molecule has 88 valence electrons. The number of hydrogen-bond acceptors (Lipinski definition) is 2. The van der Waals surface area contributed by atoms with E-state index in [9.17, 15) is 10.1 Å². The highest BCUT2D eigenvalue weighted by molar-refractivity contribution is 5.47. The van der Waals surface area contributed by atoms with E-state index in [4.69, 9.17) is 0 Å². The molecule has 2 aliphatic carbocycles. The molecule has 17 heavy (non-hydrogen) atoms. The van der Waals surface area contributed by atoms with E-state index in [0.29, 0.717) is 23.4 Å². The molecule has 3 atom stereocenters. The van der Waals surface area contributed by atoms with Crippen LogP contribution in [0.2, 0.25) is 0 Å². The van der Waals surface area contributed by atoms with Gasteiger partial charge in [0.2, 0.25) is 0 Å². The molecule has 1 aromatic carbocycles. The zero-order valence-electron chi connectivity index (χ0n) is 9.80. The Balaban J connectivity index is 2.03. The van der Waals surface area contributed by atoms with Gasteiger partial charge in [-0.2, -0.15) is 0 Å². The maximum absolute atomic E-state index is 11.1. The maximum atomic E-state index is 11.1. The predicted octanol–water partition coefficient (Wildman–Crippen LogP) is 3.58. The molecule has 0 aromatic heterocycles. The van der Waals surface area contributed by atoms with Crippen LogP contribution in [0.25, 0.3) is 0 Å². The molecule has 2 bridgehead atoms. The number of hydrogen-bond donors (Lipinski definition) is 0. The lowest BCUT2D eigenvalue weighted by Crippen LogP contribution is -2.08. The zero-order valence-corrected chi connectivity index (χ0v) is 9.80. The monoisotopic (exact) mass is 229 g/mol. The lowest BCUT2D eigenvalue weighted by Gasteiger charge is -2.18. The summed E-state index contributed by atoms with van der Waals surface area (Å²) < 4.78 is 0. The normalized spacial score (nSPS) is 29.8. The molecule has 0 aliphatic heterocycles. The van der Waals surface area contributed by atoms with Gasteiger partial charge in [0, 0.05) is 11.6 Å². The molecular weight excluding hydrogens is 214 g/mol. The molecule has 0 heterocycles. The van der Waals surface area contributed by atoms with Gasteiger partial charge in [-0.3, -0.25) is 10.1 Å². The van der Waals surface area contributed by atoms with Gasteiger partial charge in [0.15, 0.2) is 0 Å². The van der Waals surface area contributed by atoms with Gasteiger partial charge in [-0.1, -0.05) is 24.3 Å². The number of nitrogens with zero attached hydrogens (tertiary/aromatic N) is 1. The fourth-order valence-corrected chi connectivity index (χ4v) is 3.26. The third-order valence-electron chi connectivity index (χ3n) is 4.06. The van der Waals surface area contributed by atoms with E-state index < -0.39 is 0 Å². The number of nitro benzene ring substituents is 1. The molecule has 0 amide bonds. The van der Waals surface area contributed by atoms with E-state index in [0.717, 1.165) is 17.5 Å². The molecule has 1 saturated carbocycles. The van der Waals surface area contributed by atoms with Crippen LogP contribution < -0.4 is 0 Å². The molecule has 3 rings (SSSR count). The SMILES string of the molecule is Cc1ccc(C2CC3C=CC2C3)c([N+](=O)[O-])c1. The summed E-state index contributed by atoms with van der Waals surface area (Å²) >= 11 is 0. The van der Waals surface area contributed by atoms with Crippen LogP contribution in [-0.4, -0.2) is 4.92 Å². The Labute approximate surface area is 100 Å². The van der Waals surface area contributed by atoms with Gasteiger partial charge >= 0.3 is 0 Å². The zero-order chi connectivity index (χ0) is 12.0. The summed E-state index contributed by atoms with van der Waals surface area (Å²) in [4.78, 5) is 10.9. The number of nitro groups is 1. The summed E-state index contributed by atoms with van der Waals surface area (Å²) in [6, 6.07) is 5.63. The summed E-state index contributed by atoms with van der Waals surface area (Å²) in [5, 5.41) is 11.1. The minimum Gasteiger partial charge on any atom is -0.258 e. The van der Waals surface area contributed by atoms with Crippen molar-refractivity contribution in [2.45, 2.75) is 25.7 Å². The predicted molar refractivity (Wildman–Crippen MR) is 65.9 cm³/mol. The topological polar surface area (TPSA) is 43.1 Å². The van der Waals surface area contributed by atoms with Crippen LogP contribution in [0.3, 0.4) is 0 Å². The van der Waals surface area contributed by atoms with E-state index in [1.807, 2.05) is 19.1 Å². The minimum atomic E-state index is -0.238. The van der Waals surface area contributed by atoms with Gasteiger partial charge in [0.05, 0.1) is 4.92 Å². The quantitative estimate of drug-likeness (QED) is 0.442. The van der Waals surface area contributed by atoms with Crippen LogP contribution in [0.1, 0.15) is 29.9 Å². The Morgan fingerprint density at radius 1 is 1.29 bits per heavy atom. The fourth-order valence-electron chi connectivity index (χ4n) is 3.26. The van der Waals surface area contributed by atoms with Crippen molar-refractivity contribution in [3.8, 4) is 0 Å². The van der Waals surface area contributed by atoms with E-state index in [1.165, 1.54) is 6.42 Å². The number of allylic oxidation sites excluding steroid dienone is 2. The second kappa shape index (κ2) is 3.69. The largest absolute Gasteiger partial charge is 0.273 e. The summed E-state index contributed by atoms with van der Waals surface area (Å²) in [5.74, 6) is 1.51. The number of benzene rings is 1. The van der Waals surface area contributed by atoms with Crippen molar-refractivity contribution in [2.24, 2.45) is 11.8 Å². The van der Waals surface area contributed by atoms with Crippen molar-refractivity contribution in [3.05, 3.63) is 51.6 Å². The summed E-state index contributed by atoms with van der Waals surface area (Å²) in [6.07, 6.45) is 6.75. The standard InChI is InChI=1S/C14H15NO2/c1-9-2-5-12(14(6-9)15(16)17)13-8-10-3-4-11(13)7-10/h2-6,10-11,13H,7-8H2,1H3. The van der Waals surface area contributed by atoms with Crippen molar-refractivity contribution < 1.29 is 4.92 Å². The molecule has 0 spiro atoms. The van der Waals surface area contributed by atoms with Crippen molar-refractivity contribution in [2.75, 3.05) is 0 Å². The Hall–Kier alpha value is -1.64. The first kappa shape index (κ1) is 10.5. The number of aryl methyl sites for hydroxylation is 1. The lowest BCUT2D eigenvalue weighted by atomic mass is 9.85. The van der Waals surface area contributed by atoms with Gasteiger partial charge in [-0.05, 0) is 43.1 Å². The first-order chi connectivity index (χ1) is 8.15. The van der Waals surface area contributed by atoms with Crippen LogP contribution in [0, 0.1) is 28.9 Å². The molecule has 3 heteroatoms. The lowest BCUT2D eigenvalue weighted by molar-refractivity contribution is -0.385. The van der Waals surface area contributed by atoms with Crippen molar-refractivity contribution in [3.63, 3.8) is 0 Å². The van der Waals surface area contributed by atoms with Crippen LogP contribution in [0.15, 0.2) is 30.4 Å². The van der Waals surface area contributed by atoms with Crippen LogP contribution in [0.4, 0.5) is 5.69 Å². The molecule has 2 aliphatic rings. The van der Waals surface area contributed by atoms with E-state index in [1.54, 1.807) is 6.07 Å². The Bertz CT molecular complexity index is 507. The van der Waals surface area contributed by atoms with E-state index in [2.05, 4.69) is 12.2 Å². The first-order valence-corrected chi connectivity index (χ1v) is 6.08. The van der Waals surface area contributed by atoms with Crippen molar-refractivity contribution in [1.29, 1.82) is 0 Å². The third kappa shape index (κ3) is 1.66. The molecule has 3 unspecified atom stereocenters. The minimum absolute atomic E-state index is 0.238. The average molecular weight is 229 g/mol. The summed E-state index contributed by atoms with van der Waals surface area (Å²) in [6.45, 7) is 1.90. The highest BCUT2D eigenvalue weighted by Gasteiger charge is 2.39. The van der Waals surface area contributed by atoms with Crippen molar-refractivity contribution >= 4 is 5.69 Å². The molecule has 0 radical (unpaired) electrons. The molecule has 0 N–H and O–H groups in total. The molecule has 0 saturated heterocycles. The van der Waals surface area contributed by atoms with Crippen LogP contribution in [-0.2, 0) is 0 Å². The molecule has 1 fully saturated rings. The average Bonchev–Trinajstić information content (AvgIpc) is 2.90. The highest BCUT2D eigenvalue weighted by Crippen LogP contribution is 2.50. The van der Waals surface area contributed by atoms with Gasteiger partial charge in [0.1, 0.15) is 0 Å².